The van der Waals surface area contributed by atoms with Crippen molar-refractivity contribution in [3.05, 3.63) is 66.2 Å². The first-order chi connectivity index (χ1) is 14.7. The molecule has 30 heavy (non-hydrogen) atoms. The lowest BCUT2D eigenvalue weighted by Crippen LogP contribution is -2.45. The fraction of sp³-hybridized carbons (Fsp3) is 0.417. The Morgan fingerprint density at radius 2 is 1.83 bits per heavy atom. The summed E-state index contributed by atoms with van der Waals surface area (Å²) in [5, 5.41) is 7.17. The Kier molecular flexibility index (Phi) is 5.52. The Morgan fingerprint density at radius 3 is 2.53 bits per heavy atom. The quantitative estimate of drug-likeness (QED) is 0.732. The third-order valence-corrected chi connectivity index (χ3v) is 7.59. The number of nitrogens with zero attached hydrogens (tertiary/aromatic N) is 3. The summed E-state index contributed by atoms with van der Waals surface area (Å²) < 4.78 is 5.87. The zero-order chi connectivity index (χ0) is 20.5. The molecular weight excluding hydrogens is 394 g/mol. The van der Waals surface area contributed by atoms with E-state index >= 15 is 0 Å². The fourth-order valence-corrected chi connectivity index (χ4v) is 6.01. The lowest BCUT2D eigenvalue weighted by molar-refractivity contribution is -0.131. The van der Waals surface area contributed by atoms with Gasteiger partial charge in [0.25, 0.3) is 0 Å². The molecule has 1 amide bonds. The van der Waals surface area contributed by atoms with Crippen LogP contribution in [0, 0.1) is 5.92 Å². The van der Waals surface area contributed by atoms with Crippen LogP contribution < -0.4 is 5.01 Å². The number of hydrazone groups is 1. The van der Waals surface area contributed by atoms with E-state index in [1.54, 1.807) is 11.8 Å². The highest BCUT2D eigenvalue weighted by atomic mass is 32.2. The monoisotopic (exact) mass is 421 g/mol. The molecule has 5 nitrogen and oxygen atoms in total. The first-order valence-electron chi connectivity index (χ1n) is 10.7. The van der Waals surface area contributed by atoms with Crippen LogP contribution in [0.25, 0.3) is 0 Å². The number of carbonyl (C=O) groups excluding carboxylic acids is 1. The van der Waals surface area contributed by atoms with Gasteiger partial charge >= 0.3 is 0 Å². The van der Waals surface area contributed by atoms with Crippen molar-refractivity contribution in [1.29, 1.82) is 0 Å². The number of thioether (sulfide) groups is 1. The van der Waals surface area contributed by atoms with Crippen molar-refractivity contribution in [2.75, 3.05) is 24.7 Å². The van der Waals surface area contributed by atoms with Gasteiger partial charge in [-0.2, -0.15) is 5.10 Å². The summed E-state index contributed by atoms with van der Waals surface area (Å²) in [6.45, 7) is 4.29. The molecule has 6 heteroatoms. The van der Waals surface area contributed by atoms with Gasteiger partial charge in [0.05, 0.1) is 40.6 Å². The maximum Gasteiger partial charge on any atom is 0.236 e. The van der Waals surface area contributed by atoms with E-state index in [4.69, 9.17) is 9.84 Å². The normalized spacial score (nSPS) is 29.0. The second kappa shape index (κ2) is 8.44. The van der Waals surface area contributed by atoms with Crippen LogP contribution in [0.5, 0.6) is 0 Å². The van der Waals surface area contributed by atoms with Crippen molar-refractivity contribution in [2.45, 2.75) is 36.5 Å². The van der Waals surface area contributed by atoms with E-state index in [-0.39, 0.29) is 28.6 Å². The van der Waals surface area contributed by atoms with Crippen molar-refractivity contribution in [3.8, 4) is 0 Å². The van der Waals surface area contributed by atoms with Gasteiger partial charge in [-0.3, -0.25) is 9.80 Å². The summed E-state index contributed by atoms with van der Waals surface area (Å²) >= 11 is 1.77. The van der Waals surface area contributed by atoms with Crippen molar-refractivity contribution in [2.24, 2.45) is 11.0 Å². The fourth-order valence-electron chi connectivity index (χ4n) is 4.60. The van der Waals surface area contributed by atoms with Gasteiger partial charge in [-0.25, -0.2) is 0 Å². The Balaban J connectivity index is 1.47. The van der Waals surface area contributed by atoms with Crippen molar-refractivity contribution < 1.29 is 9.53 Å². The van der Waals surface area contributed by atoms with Crippen molar-refractivity contribution in [3.63, 3.8) is 0 Å². The maximum atomic E-state index is 13.1. The van der Waals surface area contributed by atoms with Gasteiger partial charge in [-0.05, 0) is 37.5 Å². The summed E-state index contributed by atoms with van der Waals surface area (Å²) in [7, 11) is 0. The molecule has 2 unspecified atom stereocenters. The Morgan fingerprint density at radius 1 is 1.10 bits per heavy atom. The average molecular weight is 422 g/mol. The third-order valence-electron chi connectivity index (χ3n) is 6.12. The molecule has 3 aliphatic rings. The highest BCUT2D eigenvalue weighted by molar-refractivity contribution is 8.01. The van der Waals surface area contributed by atoms with Gasteiger partial charge < -0.3 is 9.64 Å². The molecule has 0 aromatic heterocycles. The lowest BCUT2D eigenvalue weighted by Gasteiger charge is -2.31. The lowest BCUT2D eigenvalue weighted by atomic mass is 9.96. The van der Waals surface area contributed by atoms with E-state index < -0.39 is 0 Å². The van der Waals surface area contributed by atoms with E-state index in [1.807, 2.05) is 31.2 Å². The number of hydrogen-bond acceptors (Lipinski definition) is 5. The Bertz CT molecular complexity index is 915. The van der Waals surface area contributed by atoms with Crippen LogP contribution in [0.1, 0.15) is 25.3 Å². The number of para-hydroxylation sites is 1. The summed E-state index contributed by atoms with van der Waals surface area (Å²) in [4.78, 5) is 15.1. The molecule has 0 aliphatic carbocycles. The summed E-state index contributed by atoms with van der Waals surface area (Å²) in [5.74, 6) is 0.374. The number of anilines is 1. The standard InChI is InChI=1S/C24H27N3O2S/c1-17-23(28)26(15-20-13-8-14-29-20)24(30-17)21-16-27(19-11-6-3-7-12-19)25-22(21)18-9-4-2-5-10-18/h2-7,9-12,17,20-21,24H,8,13-16H2,1H3/t17-,20?,21?,24+/m0/s1. The number of rotatable bonds is 5. The van der Waals surface area contributed by atoms with E-state index in [2.05, 4.69) is 46.3 Å². The molecule has 156 valence electrons. The molecule has 2 fully saturated rings. The first-order valence-corrected chi connectivity index (χ1v) is 11.7. The van der Waals surface area contributed by atoms with Gasteiger partial charge in [0, 0.05) is 13.2 Å². The molecule has 0 N–H and O–H groups in total. The second-order valence-corrected chi connectivity index (χ2v) is 9.63. The van der Waals surface area contributed by atoms with E-state index in [1.165, 1.54) is 0 Å². The molecule has 3 heterocycles. The predicted octanol–water partition coefficient (Wildman–Crippen LogP) is 4.00. The number of benzene rings is 2. The van der Waals surface area contributed by atoms with Gasteiger partial charge in [0.1, 0.15) is 0 Å². The Labute approximate surface area is 182 Å². The Hall–Kier alpha value is -2.31. The summed E-state index contributed by atoms with van der Waals surface area (Å²) in [6, 6.07) is 20.7. The van der Waals surface area contributed by atoms with Crippen LogP contribution in [0.2, 0.25) is 0 Å². The third kappa shape index (κ3) is 3.74. The highest BCUT2D eigenvalue weighted by Gasteiger charge is 2.47. The van der Waals surface area contributed by atoms with Crippen LogP contribution in [-0.2, 0) is 9.53 Å². The molecule has 5 rings (SSSR count). The van der Waals surface area contributed by atoms with E-state index in [0.29, 0.717) is 6.54 Å². The number of hydrogen-bond donors (Lipinski definition) is 0. The molecule has 0 spiro atoms. The van der Waals surface area contributed by atoms with E-state index in [9.17, 15) is 4.79 Å². The summed E-state index contributed by atoms with van der Waals surface area (Å²) in [5.41, 5.74) is 3.28. The SMILES string of the molecule is C[C@@H]1S[C@H](C2CN(c3ccccc3)N=C2c2ccccc2)N(CC2CCCO2)C1=O. The number of carbonyl (C=O) groups is 1. The van der Waals surface area contributed by atoms with Crippen LogP contribution in [0.15, 0.2) is 65.8 Å². The first kappa shape index (κ1) is 19.6. The van der Waals surface area contributed by atoms with Crippen molar-refractivity contribution in [1.82, 2.24) is 4.90 Å². The molecule has 3 aliphatic heterocycles. The zero-order valence-electron chi connectivity index (χ0n) is 17.2. The maximum absolute atomic E-state index is 13.1. The van der Waals surface area contributed by atoms with Crippen LogP contribution >= 0.6 is 11.8 Å². The molecule has 0 saturated carbocycles. The minimum absolute atomic E-state index is 0.0285. The largest absolute Gasteiger partial charge is 0.376 e. The molecular formula is C24H27N3O2S. The minimum atomic E-state index is -0.0285. The molecule has 0 bridgehead atoms. The highest BCUT2D eigenvalue weighted by Crippen LogP contribution is 2.41. The number of ether oxygens (including phenoxy) is 1. The topological polar surface area (TPSA) is 45.1 Å². The molecule has 2 aromatic carbocycles. The second-order valence-electron chi connectivity index (χ2n) is 8.17. The van der Waals surface area contributed by atoms with E-state index in [0.717, 1.165) is 43.0 Å². The summed E-state index contributed by atoms with van der Waals surface area (Å²) in [6.07, 6.45) is 2.28. The smallest absolute Gasteiger partial charge is 0.236 e. The molecule has 4 atom stereocenters. The van der Waals surface area contributed by atoms with Crippen LogP contribution in [-0.4, -0.2) is 52.9 Å². The number of amides is 1. The van der Waals surface area contributed by atoms with Crippen molar-refractivity contribution >= 4 is 29.1 Å². The molecule has 2 aromatic rings. The van der Waals surface area contributed by atoms with Gasteiger partial charge in [-0.15, -0.1) is 11.8 Å². The average Bonchev–Trinajstić information content (AvgIpc) is 3.52. The van der Waals surface area contributed by atoms with Gasteiger partial charge in [0.2, 0.25) is 5.91 Å². The minimum Gasteiger partial charge on any atom is -0.376 e. The van der Waals surface area contributed by atoms with Gasteiger partial charge in [-0.1, -0.05) is 48.5 Å². The van der Waals surface area contributed by atoms with Gasteiger partial charge in [0.15, 0.2) is 0 Å². The molecule has 2 saturated heterocycles. The predicted molar refractivity (Wildman–Crippen MR) is 122 cm³/mol. The van der Waals surface area contributed by atoms with Crippen LogP contribution in [0.4, 0.5) is 5.69 Å². The zero-order valence-corrected chi connectivity index (χ0v) is 18.0. The van der Waals surface area contributed by atoms with Crippen LogP contribution in [0.3, 0.4) is 0 Å². The molecule has 0 radical (unpaired) electrons.